The highest BCUT2D eigenvalue weighted by atomic mass is 35.5. The monoisotopic (exact) mass is 426 g/mol. The van der Waals surface area contributed by atoms with Gasteiger partial charge in [-0.15, -0.1) is 11.8 Å². The summed E-state index contributed by atoms with van der Waals surface area (Å²) in [7, 11) is -4.37. The van der Waals surface area contributed by atoms with E-state index >= 15 is 0 Å². The van der Waals surface area contributed by atoms with E-state index in [0.29, 0.717) is 23.1 Å². The lowest BCUT2D eigenvalue weighted by Crippen LogP contribution is -2.15. The Morgan fingerprint density at radius 2 is 1.85 bits per heavy atom. The Morgan fingerprint density at radius 3 is 2.38 bits per heavy atom. The summed E-state index contributed by atoms with van der Waals surface area (Å²) in [5.74, 6) is 0. The van der Waals surface area contributed by atoms with Crippen LogP contribution in [0.25, 0.3) is 0 Å². The van der Waals surface area contributed by atoms with Crippen molar-refractivity contribution in [1.29, 1.82) is 0 Å². The number of nitro groups is 1. The molecule has 2 aromatic rings. The number of hydrogen-bond donors (Lipinski definition) is 1. The number of sulfonamides is 1. The van der Waals surface area contributed by atoms with Crippen molar-refractivity contribution in [2.75, 3.05) is 11.0 Å². The first-order valence-electron chi connectivity index (χ1n) is 6.67. The zero-order valence-corrected chi connectivity index (χ0v) is 15.3. The highest BCUT2D eigenvalue weighted by Crippen LogP contribution is 2.37. The summed E-state index contributed by atoms with van der Waals surface area (Å²) in [6, 6.07) is 5.80. The first kappa shape index (κ1) is 20.3. The maximum absolute atomic E-state index is 12.8. The van der Waals surface area contributed by atoms with Gasteiger partial charge < -0.3 is 0 Å². The van der Waals surface area contributed by atoms with E-state index in [2.05, 4.69) is 4.72 Å². The topological polar surface area (TPSA) is 89.3 Å². The smallest absolute Gasteiger partial charge is 0.278 e. The molecule has 0 radical (unpaired) electrons. The van der Waals surface area contributed by atoms with Crippen LogP contribution in [0.15, 0.2) is 46.2 Å². The Kier molecular flexibility index (Phi) is 5.73. The Bertz CT molecular complexity index is 965. The molecule has 0 aliphatic rings. The zero-order chi connectivity index (χ0) is 19.7. The van der Waals surface area contributed by atoms with Gasteiger partial charge in [0.2, 0.25) is 0 Å². The molecule has 0 saturated heterocycles. The average Bonchev–Trinajstić information content (AvgIpc) is 2.53. The Labute approximate surface area is 155 Å². The average molecular weight is 427 g/mol. The van der Waals surface area contributed by atoms with Crippen LogP contribution in [0.1, 0.15) is 5.56 Å². The zero-order valence-electron chi connectivity index (χ0n) is 12.9. The largest absolute Gasteiger partial charge is 0.422 e. The number of alkyl halides is 3. The third-order valence-corrected chi connectivity index (χ3v) is 5.58. The fourth-order valence-electron chi connectivity index (χ4n) is 2.03. The molecule has 6 nitrogen and oxygen atoms in total. The predicted molar refractivity (Wildman–Crippen MR) is 92.1 cm³/mol. The van der Waals surface area contributed by atoms with E-state index in [4.69, 9.17) is 11.6 Å². The molecule has 0 unspecified atom stereocenters. The molecule has 12 heteroatoms. The van der Waals surface area contributed by atoms with Gasteiger partial charge in [-0.3, -0.25) is 14.8 Å². The third-order valence-electron chi connectivity index (χ3n) is 3.19. The van der Waals surface area contributed by atoms with Gasteiger partial charge >= 0.3 is 6.18 Å². The van der Waals surface area contributed by atoms with E-state index in [1.807, 2.05) is 0 Å². The molecule has 0 aliphatic heterocycles. The molecule has 2 rings (SSSR count). The van der Waals surface area contributed by atoms with Crippen molar-refractivity contribution in [2.24, 2.45) is 0 Å². The highest BCUT2D eigenvalue weighted by Gasteiger charge is 2.39. The lowest BCUT2D eigenvalue weighted by molar-refractivity contribution is -0.388. The van der Waals surface area contributed by atoms with Crippen LogP contribution in [-0.4, -0.2) is 19.6 Å². The van der Waals surface area contributed by atoms with Crippen LogP contribution >= 0.6 is 23.4 Å². The second-order valence-corrected chi connectivity index (χ2v) is 7.85. The minimum atomic E-state index is -4.99. The molecular weight excluding hydrogens is 417 g/mol. The molecule has 26 heavy (non-hydrogen) atoms. The number of benzene rings is 2. The van der Waals surface area contributed by atoms with E-state index in [1.54, 1.807) is 12.3 Å². The molecule has 140 valence electrons. The number of rotatable bonds is 5. The Balaban J connectivity index is 2.52. The van der Waals surface area contributed by atoms with Gasteiger partial charge in [0, 0.05) is 16.0 Å². The fraction of sp³-hybridized carbons (Fsp3) is 0.143. The lowest BCUT2D eigenvalue weighted by atomic mass is 10.2. The SMILES string of the molecule is CSc1ccc(Cl)cc1NS(=O)(=O)c1ccc(C(F)(F)F)c([N+](=O)[O-])c1. The minimum Gasteiger partial charge on any atom is -0.278 e. The van der Waals surface area contributed by atoms with E-state index in [9.17, 15) is 31.7 Å². The first-order valence-corrected chi connectivity index (χ1v) is 9.76. The van der Waals surface area contributed by atoms with Crippen LogP contribution < -0.4 is 4.72 Å². The van der Waals surface area contributed by atoms with Gasteiger partial charge in [-0.25, -0.2) is 8.42 Å². The van der Waals surface area contributed by atoms with Crippen molar-refractivity contribution >= 4 is 44.8 Å². The number of nitro benzene ring substituents is 1. The Hall–Kier alpha value is -1.98. The summed E-state index contributed by atoms with van der Waals surface area (Å²) in [6.07, 6.45) is -3.30. The molecule has 0 aromatic heterocycles. The Morgan fingerprint density at radius 1 is 1.19 bits per heavy atom. The lowest BCUT2D eigenvalue weighted by Gasteiger charge is -2.13. The van der Waals surface area contributed by atoms with Crippen molar-refractivity contribution in [2.45, 2.75) is 16.0 Å². The standard InChI is InChI=1S/C14H10ClF3N2O4S2/c1-25-13-5-2-8(15)6-11(13)19-26(23,24)9-3-4-10(14(16,17)18)12(7-9)20(21)22/h2-7,19H,1H3. The van der Waals surface area contributed by atoms with Gasteiger partial charge in [0.25, 0.3) is 15.7 Å². The van der Waals surface area contributed by atoms with Gasteiger partial charge in [0.15, 0.2) is 0 Å². The summed E-state index contributed by atoms with van der Waals surface area (Å²) in [4.78, 5) is 9.47. The number of hydrogen-bond acceptors (Lipinski definition) is 5. The van der Waals surface area contributed by atoms with Crippen molar-refractivity contribution in [3.63, 3.8) is 0 Å². The van der Waals surface area contributed by atoms with Gasteiger partial charge in [-0.1, -0.05) is 11.6 Å². The van der Waals surface area contributed by atoms with Crippen molar-refractivity contribution in [1.82, 2.24) is 0 Å². The normalized spacial score (nSPS) is 12.0. The summed E-state index contributed by atoms with van der Waals surface area (Å²) < 4.78 is 65.6. The van der Waals surface area contributed by atoms with E-state index in [1.165, 1.54) is 23.9 Å². The number of anilines is 1. The van der Waals surface area contributed by atoms with Crippen molar-refractivity contribution in [3.8, 4) is 0 Å². The quantitative estimate of drug-likeness (QED) is 0.422. The number of thioether (sulfide) groups is 1. The van der Waals surface area contributed by atoms with Crippen molar-refractivity contribution < 1.29 is 26.5 Å². The van der Waals surface area contributed by atoms with Gasteiger partial charge in [0.1, 0.15) is 5.56 Å². The third kappa shape index (κ3) is 4.40. The van der Waals surface area contributed by atoms with Crippen LogP contribution in [-0.2, 0) is 16.2 Å². The first-order chi connectivity index (χ1) is 12.0. The maximum atomic E-state index is 12.8. The van der Waals surface area contributed by atoms with Crippen molar-refractivity contribution in [3.05, 3.63) is 57.1 Å². The van der Waals surface area contributed by atoms with Crippen LogP contribution in [0, 0.1) is 10.1 Å². The highest BCUT2D eigenvalue weighted by molar-refractivity contribution is 7.99. The van der Waals surface area contributed by atoms with Gasteiger partial charge in [-0.2, -0.15) is 13.2 Å². The summed E-state index contributed by atoms with van der Waals surface area (Å²) in [5.41, 5.74) is -2.78. The maximum Gasteiger partial charge on any atom is 0.422 e. The molecule has 0 heterocycles. The van der Waals surface area contributed by atoms with Crippen LogP contribution in [0.3, 0.4) is 0 Å². The predicted octanol–water partition coefficient (Wildman–Crippen LogP) is 4.79. The molecule has 0 fully saturated rings. The summed E-state index contributed by atoms with van der Waals surface area (Å²) in [6.45, 7) is 0. The van der Waals surface area contributed by atoms with E-state index in [-0.39, 0.29) is 10.7 Å². The fourth-order valence-corrected chi connectivity index (χ4v) is 3.89. The second kappa shape index (κ2) is 7.33. The molecule has 1 N–H and O–H groups in total. The van der Waals surface area contributed by atoms with Gasteiger partial charge in [-0.05, 0) is 36.6 Å². The molecule has 0 saturated carbocycles. The molecule has 0 bridgehead atoms. The minimum absolute atomic E-state index is 0.104. The molecule has 2 aromatic carbocycles. The number of nitrogens with one attached hydrogen (secondary N) is 1. The molecule has 0 amide bonds. The molecule has 0 spiro atoms. The van der Waals surface area contributed by atoms with Crippen LogP contribution in [0.2, 0.25) is 5.02 Å². The number of halogens is 4. The second-order valence-electron chi connectivity index (χ2n) is 4.88. The van der Waals surface area contributed by atoms with Crippen LogP contribution in [0.4, 0.5) is 24.5 Å². The summed E-state index contributed by atoms with van der Waals surface area (Å²) in [5, 5.41) is 11.2. The molecule has 0 atom stereocenters. The summed E-state index contributed by atoms with van der Waals surface area (Å²) >= 11 is 7.04. The van der Waals surface area contributed by atoms with Crippen LogP contribution in [0.5, 0.6) is 0 Å². The molecular formula is C14H10ClF3N2O4S2. The van der Waals surface area contributed by atoms with E-state index in [0.717, 1.165) is 0 Å². The van der Waals surface area contributed by atoms with Gasteiger partial charge in [0.05, 0.1) is 15.5 Å². The van der Waals surface area contributed by atoms with E-state index < -0.39 is 37.3 Å². The number of nitrogens with zero attached hydrogens (tertiary/aromatic N) is 1. The molecule has 0 aliphatic carbocycles.